The van der Waals surface area contributed by atoms with Crippen LogP contribution in [0.1, 0.15) is 53.4 Å². The van der Waals surface area contributed by atoms with Gasteiger partial charge in [0.25, 0.3) is 0 Å². The standard InChI is InChI=1S/C7H12O2.2C3H9N.ClH/c1-3-6(4-2)5-7(8)9;2*1-2-3-4;/h5H,3-4H2,1-2H3,(H,8,9);2*2-4H2,1H3;1H. The normalized spacial score (nSPS) is 7.67. The summed E-state index contributed by atoms with van der Waals surface area (Å²) in [6.45, 7) is 10.2. The van der Waals surface area contributed by atoms with Gasteiger partial charge in [-0.2, -0.15) is 0 Å². The van der Waals surface area contributed by atoms with E-state index < -0.39 is 5.97 Å². The number of allylic oxidation sites excluding steroid dienone is 1. The van der Waals surface area contributed by atoms with E-state index in [-0.39, 0.29) is 12.4 Å². The van der Waals surface area contributed by atoms with Crippen molar-refractivity contribution in [2.75, 3.05) is 13.1 Å². The van der Waals surface area contributed by atoms with Gasteiger partial charge in [0.1, 0.15) is 0 Å². The molecule has 0 aromatic rings. The quantitative estimate of drug-likeness (QED) is 0.519. The highest BCUT2D eigenvalue weighted by Crippen LogP contribution is 2.03. The molecule has 0 saturated carbocycles. The predicted molar refractivity (Wildman–Crippen MR) is 69.8 cm³/mol. The van der Waals surface area contributed by atoms with E-state index in [1.807, 2.05) is 13.8 Å². The van der Waals surface area contributed by atoms with E-state index in [1.165, 1.54) is 18.9 Å². The first-order valence-corrected chi connectivity index (χ1v) is 6.52. The molecule has 0 spiro atoms. The molecule has 0 saturated heterocycles. The lowest BCUT2D eigenvalue weighted by Crippen LogP contribution is -3.00. The van der Waals surface area contributed by atoms with Crippen molar-refractivity contribution in [3.05, 3.63) is 11.6 Å². The largest absolute Gasteiger partial charge is 1.00 e. The number of quaternary nitrogens is 2. The molecule has 0 amide bonds. The molecule has 0 rings (SSSR count). The zero-order valence-corrected chi connectivity index (χ0v) is 13.2. The number of carbonyl (C=O) groups is 1. The van der Waals surface area contributed by atoms with Crippen molar-refractivity contribution < 1.29 is 33.8 Å². The van der Waals surface area contributed by atoms with Crippen LogP contribution in [0.2, 0.25) is 0 Å². The lowest BCUT2D eigenvalue weighted by atomic mass is 10.1. The van der Waals surface area contributed by atoms with Gasteiger partial charge in [-0.25, -0.2) is 0 Å². The zero-order valence-electron chi connectivity index (χ0n) is 12.4. The number of aliphatic carboxylic acids is 1. The fourth-order valence-corrected chi connectivity index (χ4v) is 0.621. The van der Waals surface area contributed by atoms with Crippen LogP contribution >= 0.6 is 0 Å². The molecule has 0 aromatic heterocycles. The third-order valence-corrected chi connectivity index (χ3v) is 1.94. The first kappa shape index (κ1) is 26.1. The van der Waals surface area contributed by atoms with Crippen LogP contribution in [0, 0.1) is 0 Å². The topological polar surface area (TPSA) is 95.4 Å². The maximum Gasteiger partial charge on any atom is 0.0737 e. The van der Waals surface area contributed by atoms with E-state index in [0.29, 0.717) is 0 Å². The molecule has 0 bridgehead atoms. The minimum Gasteiger partial charge on any atom is -1.00 e. The van der Waals surface area contributed by atoms with E-state index in [4.69, 9.17) is 0 Å². The second-order valence-corrected chi connectivity index (χ2v) is 3.54. The summed E-state index contributed by atoms with van der Waals surface area (Å²) in [5.41, 5.74) is 8.13. The molecule has 4 nitrogen and oxygen atoms in total. The first-order valence-electron chi connectivity index (χ1n) is 6.52. The van der Waals surface area contributed by atoms with Crippen LogP contribution in [-0.4, -0.2) is 19.1 Å². The Morgan fingerprint density at radius 3 is 1.33 bits per heavy atom. The Morgan fingerprint density at radius 2 is 1.28 bits per heavy atom. The molecule has 0 atom stereocenters. The second-order valence-electron chi connectivity index (χ2n) is 3.54. The summed E-state index contributed by atoms with van der Waals surface area (Å²) in [6.07, 6.45) is 5.18. The van der Waals surface area contributed by atoms with Crippen LogP contribution < -0.4 is 29.0 Å². The average molecular weight is 283 g/mol. The molecule has 5 heteroatoms. The van der Waals surface area contributed by atoms with Gasteiger partial charge in [0, 0.05) is 0 Å². The summed E-state index contributed by atoms with van der Waals surface area (Å²) < 4.78 is 0. The molecule has 112 valence electrons. The van der Waals surface area contributed by atoms with Gasteiger partial charge in [0.2, 0.25) is 0 Å². The molecule has 0 heterocycles. The average Bonchev–Trinajstić information content (AvgIpc) is 2.36. The Bertz CT molecular complexity index is 172. The highest BCUT2D eigenvalue weighted by molar-refractivity contribution is 5.78. The monoisotopic (exact) mass is 282 g/mol. The molecule has 0 aliphatic carbocycles. The zero-order chi connectivity index (χ0) is 14.1. The van der Waals surface area contributed by atoms with Crippen LogP contribution in [0.4, 0.5) is 0 Å². The maximum atomic E-state index is 9.94. The van der Waals surface area contributed by atoms with Gasteiger partial charge in [-0.1, -0.05) is 33.3 Å². The van der Waals surface area contributed by atoms with Crippen molar-refractivity contribution >= 4 is 5.97 Å². The Balaban J connectivity index is -0.0000000922. The van der Waals surface area contributed by atoms with Gasteiger partial charge in [-0.3, -0.25) is 0 Å². The Hall–Kier alpha value is -0.580. The van der Waals surface area contributed by atoms with Gasteiger partial charge in [-0.15, -0.1) is 0 Å². The third-order valence-electron chi connectivity index (χ3n) is 1.94. The predicted octanol–water partition coefficient (Wildman–Crippen LogP) is -3.24. The summed E-state index contributed by atoms with van der Waals surface area (Å²) in [7, 11) is 0. The van der Waals surface area contributed by atoms with E-state index in [2.05, 4.69) is 25.3 Å². The molecular formula is C13H31ClN2O2. The molecule has 0 aliphatic heterocycles. The number of hydrogen-bond acceptors (Lipinski definition) is 2. The lowest BCUT2D eigenvalue weighted by molar-refractivity contribution is -0.367. The van der Waals surface area contributed by atoms with Crippen molar-refractivity contribution in [3.63, 3.8) is 0 Å². The van der Waals surface area contributed by atoms with Gasteiger partial charge < -0.3 is 33.8 Å². The summed E-state index contributed by atoms with van der Waals surface area (Å²) in [6, 6.07) is 0. The maximum absolute atomic E-state index is 9.94. The number of rotatable bonds is 5. The molecule has 0 aliphatic rings. The van der Waals surface area contributed by atoms with Crippen molar-refractivity contribution in [2.24, 2.45) is 0 Å². The van der Waals surface area contributed by atoms with E-state index in [9.17, 15) is 9.90 Å². The molecule has 6 N–H and O–H groups in total. The fourth-order valence-electron chi connectivity index (χ4n) is 0.621. The summed E-state index contributed by atoms with van der Waals surface area (Å²) in [5, 5.41) is 9.94. The van der Waals surface area contributed by atoms with Crippen LogP contribution in [0.25, 0.3) is 0 Å². The minimum absolute atomic E-state index is 0. The number of halogens is 1. The Morgan fingerprint density at radius 1 is 1.00 bits per heavy atom. The Kier molecular flexibility index (Phi) is 36.7. The fraction of sp³-hybridized carbons (Fsp3) is 0.769. The molecule has 0 fully saturated rings. The van der Waals surface area contributed by atoms with Crippen LogP contribution in [0.15, 0.2) is 11.6 Å². The SMILES string of the molecule is CCC(=CC(=O)[O-])CC.CCC[NH3+].CCC[NH3+].[Cl-]. The highest BCUT2D eigenvalue weighted by Gasteiger charge is 1.87. The molecule has 0 radical (unpaired) electrons. The van der Waals surface area contributed by atoms with E-state index >= 15 is 0 Å². The summed E-state index contributed by atoms with van der Waals surface area (Å²) in [5.74, 6) is -1.09. The smallest absolute Gasteiger partial charge is 0.0737 e. The van der Waals surface area contributed by atoms with Gasteiger partial charge in [0.15, 0.2) is 0 Å². The van der Waals surface area contributed by atoms with Crippen molar-refractivity contribution in [1.29, 1.82) is 0 Å². The van der Waals surface area contributed by atoms with Crippen LogP contribution in [0.5, 0.6) is 0 Å². The highest BCUT2D eigenvalue weighted by atomic mass is 35.5. The number of hydrogen-bond donors (Lipinski definition) is 2. The lowest BCUT2D eigenvalue weighted by Gasteiger charge is -1.99. The van der Waals surface area contributed by atoms with Crippen molar-refractivity contribution in [3.8, 4) is 0 Å². The van der Waals surface area contributed by atoms with Crippen molar-refractivity contribution in [1.82, 2.24) is 0 Å². The number of carbonyl (C=O) groups excluding carboxylic acids is 1. The van der Waals surface area contributed by atoms with Crippen molar-refractivity contribution in [2.45, 2.75) is 53.4 Å². The summed E-state index contributed by atoms with van der Waals surface area (Å²) in [4.78, 5) is 9.94. The molecule has 18 heavy (non-hydrogen) atoms. The van der Waals surface area contributed by atoms with Gasteiger partial charge >= 0.3 is 0 Å². The second kappa shape index (κ2) is 25.3. The first-order chi connectivity index (χ1) is 8.03. The summed E-state index contributed by atoms with van der Waals surface area (Å²) >= 11 is 0. The minimum atomic E-state index is -1.09. The van der Waals surface area contributed by atoms with Crippen LogP contribution in [0.3, 0.4) is 0 Å². The Labute approximate surface area is 118 Å². The molecule has 0 aromatic carbocycles. The third kappa shape index (κ3) is 36.1. The van der Waals surface area contributed by atoms with Crippen LogP contribution in [-0.2, 0) is 4.79 Å². The van der Waals surface area contributed by atoms with Gasteiger partial charge in [0.05, 0.1) is 19.1 Å². The van der Waals surface area contributed by atoms with E-state index in [1.54, 1.807) is 0 Å². The molecule has 0 unspecified atom stereocenters. The van der Waals surface area contributed by atoms with E-state index in [0.717, 1.165) is 31.5 Å². The number of carboxylic acids is 1. The molecular weight excluding hydrogens is 252 g/mol. The number of carboxylic acid groups (broad SMARTS) is 1. The van der Waals surface area contributed by atoms with Gasteiger partial charge in [-0.05, 0) is 31.8 Å².